The molecule has 3 N–H and O–H groups in total. The molecule has 1 unspecified atom stereocenters. The molecular formula is C7H12N2O2. The zero-order chi connectivity index (χ0) is 8.48. The van der Waals surface area contributed by atoms with Crippen molar-refractivity contribution in [3.8, 4) is 0 Å². The molecular weight excluding hydrogens is 144 g/mol. The lowest BCUT2D eigenvalue weighted by Crippen LogP contribution is -2.53. The second-order valence-corrected chi connectivity index (χ2v) is 3.11. The van der Waals surface area contributed by atoms with Crippen LogP contribution in [0.25, 0.3) is 0 Å². The number of urea groups is 1. The van der Waals surface area contributed by atoms with Crippen LogP contribution in [0.2, 0.25) is 0 Å². The van der Waals surface area contributed by atoms with Crippen LogP contribution in [0.4, 0.5) is 4.79 Å². The summed E-state index contributed by atoms with van der Waals surface area (Å²) in [5.41, 5.74) is -0.908. The average Bonchev–Trinajstić information content (AvgIpc) is 1.86. The van der Waals surface area contributed by atoms with Crippen molar-refractivity contribution in [3.63, 3.8) is 0 Å². The first-order chi connectivity index (χ1) is 5.00. The summed E-state index contributed by atoms with van der Waals surface area (Å²) in [4.78, 5) is 10.7. The van der Waals surface area contributed by atoms with E-state index in [-0.39, 0.29) is 12.1 Å². The van der Waals surface area contributed by atoms with Gasteiger partial charge in [0.1, 0.15) is 0 Å². The van der Waals surface area contributed by atoms with E-state index in [2.05, 4.69) is 10.6 Å². The average molecular weight is 156 g/mol. The summed E-state index contributed by atoms with van der Waals surface area (Å²) in [6.45, 7) is 3.29. The van der Waals surface area contributed by atoms with Gasteiger partial charge in [0.05, 0.1) is 11.6 Å². The Labute approximate surface area is 65.3 Å². The summed E-state index contributed by atoms with van der Waals surface area (Å²) in [6, 6.07) is -0.587. The van der Waals surface area contributed by atoms with Crippen LogP contribution in [0.3, 0.4) is 0 Å². The first kappa shape index (κ1) is 8.07. The number of amides is 2. The first-order valence-corrected chi connectivity index (χ1v) is 3.46. The van der Waals surface area contributed by atoms with Gasteiger partial charge in [0.2, 0.25) is 0 Å². The van der Waals surface area contributed by atoms with Crippen molar-refractivity contribution in [1.82, 2.24) is 10.6 Å². The normalized spacial score (nSPS) is 24.3. The van der Waals surface area contributed by atoms with E-state index in [4.69, 9.17) is 0 Å². The molecule has 2 amide bonds. The van der Waals surface area contributed by atoms with Crippen molar-refractivity contribution in [2.45, 2.75) is 25.5 Å². The van der Waals surface area contributed by atoms with Gasteiger partial charge in [0, 0.05) is 6.20 Å². The highest BCUT2D eigenvalue weighted by Gasteiger charge is 2.27. The van der Waals surface area contributed by atoms with Gasteiger partial charge in [-0.2, -0.15) is 0 Å². The molecule has 1 heterocycles. The highest BCUT2D eigenvalue weighted by Crippen LogP contribution is 2.10. The van der Waals surface area contributed by atoms with Gasteiger partial charge in [-0.3, -0.25) is 0 Å². The van der Waals surface area contributed by atoms with Gasteiger partial charge in [0.25, 0.3) is 0 Å². The predicted molar refractivity (Wildman–Crippen MR) is 40.9 cm³/mol. The minimum Gasteiger partial charge on any atom is -0.388 e. The van der Waals surface area contributed by atoms with Gasteiger partial charge in [0.15, 0.2) is 0 Å². The molecule has 0 aliphatic carbocycles. The molecule has 0 aromatic heterocycles. The summed E-state index contributed by atoms with van der Waals surface area (Å²) < 4.78 is 0. The van der Waals surface area contributed by atoms with E-state index in [9.17, 15) is 9.90 Å². The first-order valence-electron chi connectivity index (χ1n) is 3.46. The Morgan fingerprint density at radius 3 is 2.64 bits per heavy atom. The van der Waals surface area contributed by atoms with E-state index in [1.807, 2.05) is 0 Å². The molecule has 0 fully saturated rings. The van der Waals surface area contributed by atoms with Crippen molar-refractivity contribution in [1.29, 1.82) is 0 Å². The van der Waals surface area contributed by atoms with E-state index >= 15 is 0 Å². The highest BCUT2D eigenvalue weighted by atomic mass is 16.3. The molecule has 0 saturated heterocycles. The number of nitrogens with one attached hydrogen (secondary N) is 2. The monoisotopic (exact) mass is 156 g/mol. The van der Waals surface area contributed by atoms with E-state index in [1.54, 1.807) is 19.9 Å². The Hall–Kier alpha value is -1.03. The summed E-state index contributed by atoms with van der Waals surface area (Å²) in [5, 5.41) is 14.5. The Morgan fingerprint density at radius 1 is 1.64 bits per heavy atom. The number of carbonyl (C=O) groups excluding carboxylic acids is 1. The summed E-state index contributed by atoms with van der Waals surface area (Å²) in [6.07, 6.45) is 3.24. The van der Waals surface area contributed by atoms with Gasteiger partial charge < -0.3 is 15.7 Å². The molecule has 4 nitrogen and oxygen atoms in total. The third kappa shape index (κ3) is 1.94. The molecule has 1 rings (SSSR count). The molecule has 62 valence electrons. The van der Waals surface area contributed by atoms with E-state index in [0.717, 1.165) is 0 Å². The molecule has 0 radical (unpaired) electrons. The van der Waals surface area contributed by atoms with Crippen LogP contribution in [0.5, 0.6) is 0 Å². The fraction of sp³-hybridized carbons (Fsp3) is 0.571. The summed E-state index contributed by atoms with van der Waals surface area (Å²) >= 11 is 0. The van der Waals surface area contributed by atoms with Gasteiger partial charge in [-0.1, -0.05) is 0 Å². The second kappa shape index (κ2) is 2.54. The van der Waals surface area contributed by atoms with Crippen molar-refractivity contribution in [2.75, 3.05) is 0 Å². The van der Waals surface area contributed by atoms with Gasteiger partial charge in [-0.15, -0.1) is 0 Å². The van der Waals surface area contributed by atoms with Crippen LogP contribution in [0.15, 0.2) is 12.3 Å². The van der Waals surface area contributed by atoms with Gasteiger partial charge in [-0.05, 0) is 19.9 Å². The smallest absolute Gasteiger partial charge is 0.319 e. The molecule has 0 aromatic carbocycles. The zero-order valence-electron chi connectivity index (χ0n) is 6.59. The van der Waals surface area contributed by atoms with Crippen LogP contribution < -0.4 is 10.6 Å². The molecule has 0 aromatic rings. The molecule has 0 saturated carbocycles. The lowest BCUT2D eigenvalue weighted by atomic mass is 9.98. The van der Waals surface area contributed by atoms with Gasteiger partial charge >= 0.3 is 6.03 Å². The predicted octanol–water partition coefficient (Wildman–Crippen LogP) is -0.0476. The quantitative estimate of drug-likeness (QED) is 0.498. The standard InChI is InChI=1S/C7H12N2O2/c1-7(2,11)5-3-4-8-6(10)9-5/h3-5,11H,1-2H3,(H2,8,9,10). The van der Waals surface area contributed by atoms with Crippen molar-refractivity contribution in [2.24, 2.45) is 0 Å². The van der Waals surface area contributed by atoms with Crippen LogP contribution in [-0.4, -0.2) is 22.8 Å². The van der Waals surface area contributed by atoms with E-state index < -0.39 is 5.60 Å². The van der Waals surface area contributed by atoms with Crippen molar-refractivity contribution < 1.29 is 9.90 Å². The van der Waals surface area contributed by atoms with Crippen molar-refractivity contribution in [3.05, 3.63) is 12.3 Å². The molecule has 0 spiro atoms. The Balaban J connectivity index is 2.68. The maximum absolute atomic E-state index is 10.7. The lowest BCUT2D eigenvalue weighted by molar-refractivity contribution is 0.0563. The number of aliphatic hydroxyl groups is 1. The largest absolute Gasteiger partial charge is 0.388 e. The van der Waals surface area contributed by atoms with Crippen LogP contribution in [0, 0.1) is 0 Å². The van der Waals surface area contributed by atoms with E-state index in [1.165, 1.54) is 6.20 Å². The Bertz CT molecular complexity index is 193. The summed E-state index contributed by atoms with van der Waals surface area (Å²) in [7, 11) is 0. The second-order valence-electron chi connectivity index (χ2n) is 3.11. The third-order valence-corrected chi connectivity index (χ3v) is 1.55. The molecule has 1 aliphatic heterocycles. The molecule has 4 heteroatoms. The van der Waals surface area contributed by atoms with E-state index in [0.29, 0.717) is 0 Å². The van der Waals surface area contributed by atoms with Crippen LogP contribution >= 0.6 is 0 Å². The zero-order valence-corrected chi connectivity index (χ0v) is 6.59. The minimum atomic E-state index is -0.908. The van der Waals surface area contributed by atoms with Crippen LogP contribution in [0.1, 0.15) is 13.8 Å². The Morgan fingerprint density at radius 2 is 2.27 bits per heavy atom. The third-order valence-electron chi connectivity index (χ3n) is 1.55. The fourth-order valence-corrected chi connectivity index (χ4v) is 0.863. The number of rotatable bonds is 1. The summed E-state index contributed by atoms with van der Waals surface area (Å²) in [5.74, 6) is 0. The maximum atomic E-state index is 10.7. The topological polar surface area (TPSA) is 61.4 Å². The molecule has 11 heavy (non-hydrogen) atoms. The Kier molecular flexibility index (Phi) is 1.87. The maximum Gasteiger partial charge on any atom is 0.319 e. The lowest BCUT2D eigenvalue weighted by Gasteiger charge is -2.29. The van der Waals surface area contributed by atoms with Crippen molar-refractivity contribution >= 4 is 6.03 Å². The van der Waals surface area contributed by atoms with Crippen LogP contribution in [-0.2, 0) is 0 Å². The number of hydrogen-bond donors (Lipinski definition) is 3. The van der Waals surface area contributed by atoms with Gasteiger partial charge in [-0.25, -0.2) is 4.79 Å². The molecule has 1 atom stereocenters. The number of carbonyl (C=O) groups is 1. The number of hydrogen-bond acceptors (Lipinski definition) is 2. The molecule has 1 aliphatic rings. The SMILES string of the molecule is CC(C)(O)C1C=CNC(=O)N1. The highest BCUT2D eigenvalue weighted by molar-refractivity contribution is 5.76. The minimum absolute atomic E-state index is 0.278. The molecule has 0 bridgehead atoms. The fourth-order valence-electron chi connectivity index (χ4n) is 0.863.